The number of rotatable bonds is 4. The molecule has 2 N–H and O–H groups in total. The molecule has 0 spiro atoms. The van der Waals surface area contributed by atoms with Gasteiger partial charge in [0, 0.05) is 5.69 Å². The van der Waals surface area contributed by atoms with Gasteiger partial charge in [0.1, 0.15) is 11.6 Å². The highest BCUT2D eigenvalue weighted by molar-refractivity contribution is 5.81. The molecule has 0 radical (unpaired) electrons. The Hall–Kier alpha value is -2.56. The molecular weight excluding hydrogens is 261 g/mol. The molecule has 1 unspecified atom stereocenters. The Labute approximate surface area is 115 Å². The molecule has 0 aliphatic rings. The summed E-state index contributed by atoms with van der Waals surface area (Å²) in [5.74, 6) is -0.799. The van der Waals surface area contributed by atoms with Gasteiger partial charge >= 0.3 is 5.97 Å². The average molecular weight is 275 g/mol. The molecule has 4 nitrogen and oxygen atoms in total. The second-order valence-electron chi connectivity index (χ2n) is 4.20. The molecule has 0 aliphatic carbocycles. The predicted octanol–water partition coefficient (Wildman–Crippen LogP) is 2.86. The van der Waals surface area contributed by atoms with Crippen LogP contribution in [0.1, 0.15) is 11.6 Å². The van der Waals surface area contributed by atoms with Crippen LogP contribution in [0.3, 0.4) is 0 Å². The number of halogens is 1. The van der Waals surface area contributed by atoms with Gasteiger partial charge in [-0.3, -0.25) is 0 Å². The van der Waals surface area contributed by atoms with Crippen LogP contribution in [-0.4, -0.2) is 18.2 Å². The fourth-order valence-electron chi connectivity index (χ4n) is 1.81. The minimum Gasteiger partial charge on any atom is -0.508 e. The van der Waals surface area contributed by atoms with Crippen LogP contribution in [-0.2, 0) is 9.53 Å². The SMILES string of the molecule is COC(=O)C(Nc1cccc(F)c1)c1ccc(O)cc1. The Bertz CT molecular complexity index is 598. The minimum atomic E-state index is -0.776. The molecule has 0 aliphatic heterocycles. The number of carbonyl (C=O) groups is 1. The summed E-state index contributed by atoms with van der Waals surface area (Å²) in [5, 5.41) is 12.2. The zero-order chi connectivity index (χ0) is 14.5. The number of carbonyl (C=O) groups excluding carboxylic acids is 1. The van der Waals surface area contributed by atoms with Crippen LogP contribution < -0.4 is 5.32 Å². The molecule has 104 valence electrons. The first kappa shape index (κ1) is 13.9. The summed E-state index contributed by atoms with van der Waals surface area (Å²) in [7, 11) is 1.28. The van der Waals surface area contributed by atoms with E-state index in [1.165, 1.54) is 31.4 Å². The van der Waals surface area contributed by atoms with Crippen LogP contribution in [0.4, 0.5) is 10.1 Å². The molecule has 2 aromatic carbocycles. The van der Waals surface area contributed by atoms with Gasteiger partial charge in [-0.15, -0.1) is 0 Å². The van der Waals surface area contributed by atoms with Gasteiger partial charge in [0.25, 0.3) is 0 Å². The number of phenolic OH excluding ortho intramolecular Hbond substituents is 1. The van der Waals surface area contributed by atoms with E-state index >= 15 is 0 Å². The molecule has 0 fully saturated rings. The maximum absolute atomic E-state index is 13.2. The third kappa shape index (κ3) is 3.26. The topological polar surface area (TPSA) is 58.6 Å². The zero-order valence-electron chi connectivity index (χ0n) is 10.8. The van der Waals surface area contributed by atoms with Crippen molar-refractivity contribution in [2.24, 2.45) is 0 Å². The van der Waals surface area contributed by atoms with Gasteiger partial charge in [-0.05, 0) is 35.9 Å². The number of esters is 1. The smallest absolute Gasteiger partial charge is 0.332 e. The van der Waals surface area contributed by atoms with Gasteiger partial charge in [-0.2, -0.15) is 0 Å². The molecular formula is C15H14FNO3. The lowest BCUT2D eigenvalue weighted by molar-refractivity contribution is -0.141. The standard InChI is InChI=1S/C15H14FNO3/c1-20-15(19)14(10-5-7-13(18)8-6-10)17-12-4-2-3-11(16)9-12/h2-9,14,17-18H,1H3. The van der Waals surface area contributed by atoms with E-state index in [9.17, 15) is 14.3 Å². The lowest BCUT2D eigenvalue weighted by atomic mass is 10.1. The average Bonchev–Trinajstić information content (AvgIpc) is 2.45. The summed E-state index contributed by atoms with van der Waals surface area (Å²) in [6.45, 7) is 0. The summed E-state index contributed by atoms with van der Waals surface area (Å²) in [5.41, 5.74) is 1.08. The van der Waals surface area contributed by atoms with Gasteiger partial charge in [0.2, 0.25) is 0 Å². The third-order valence-electron chi connectivity index (χ3n) is 2.80. The van der Waals surface area contributed by atoms with E-state index in [1.807, 2.05) is 0 Å². The molecule has 0 saturated heterocycles. The van der Waals surface area contributed by atoms with Crippen LogP contribution in [0.5, 0.6) is 5.75 Å². The van der Waals surface area contributed by atoms with Crippen molar-refractivity contribution in [3.63, 3.8) is 0 Å². The van der Waals surface area contributed by atoms with Crippen molar-refractivity contribution in [1.82, 2.24) is 0 Å². The summed E-state index contributed by atoms with van der Waals surface area (Å²) < 4.78 is 17.9. The summed E-state index contributed by atoms with van der Waals surface area (Å²) in [6.07, 6.45) is 0. The largest absolute Gasteiger partial charge is 0.508 e. The number of phenols is 1. The van der Waals surface area contributed by atoms with Crippen LogP contribution in [0.25, 0.3) is 0 Å². The van der Waals surface area contributed by atoms with Gasteiger partial charge < -0.3 is 15.2 Å². The number of anilines is 1. The van der Waals surface area contributed by atoms with Crippen molar-refractivity contribution in [3.8, 4) is 5.75 Å². The maximum Gasteiger partial charge on any atom is 0.332 e. The lowest BCUT2D eigenvalue weighted by Gasteiger charge is -2.18. The minimum absolute atomic E-state index is 0.100. The second-order valence-corrected chi connectivity index (χ2v) is 4.20. The first-order chi connectivity index (χ1) is 9.60. The molecule has 0 bridgehead atoms. The zero-order valence-corrected chi connectivity index (χ0v) is 10.8. The van der Waals surface area contributed by atoms with Gasteiger partial charge in [-0.1, -0.05) is 18.2 Å². The van der Waals surface area contributed by atoms with Gasteiger partial charge in [-0.25, -0.2) is 9.18 Å². The highest BCUT2D eigenvalue weighted by Gasteiger charge is 2.21. The van der Waals surface area contributed by atoms with Crippen molar-refractivity contribution in [3.05, 3.63) is 59.9 Å². The Morgan fingerprint density at radius 1 is 1.25 bits per heavy atom. The maximum atomic E-state index is 13.2. The molecule has 0 amide bonds. The van der Waals surface area contributed by atoms with Crippen LogP contribution in [0, 0.1) is 5.82 Å². The highest BCUT2D eigenvalue weighted by Crippen LogP contribution is 2.23. The second kappa shape index (κ2) is 6.06. The van der Waals surface area contributed by atoms with E-state index < -0.39 is 17.8 Å². The first-order valence-electron chi connectivity index (χ1n) is 5.99. The summed E-state index contributed by atoms with van der Waals surface area (Å²) in [4.78, 5) is 11.8. The predicted molar refractivity (Wildman–Crippen MR) is 72.9 cm³/mol. The van der Waals surface area contributed by atoms with E-state index in [1.54, 1.807) is 24.3 Å². The summed E-state index contributed by atoms with van der Waals surface area (Å²) in [6, 6.07) is 11.2. The summed E-state index contributed by atoms with van der Waals surface area (Å²) >= 11 is 0. The lowest BCUT2D eigenvalue weighted by Crippen LogP contribution is -2.22. The molecule has 0 aromatic heterocycles. The number of ether oxygens (including phenoxy) is 1. The number of methoxy groups -OCH3 is 1. The fourth-order valence-corrected chi connectivity index (χ4v) is 1.81. The molecule has 2 aromatic rings. The van der Waals surface area contributed by atoms with Gasteiger partial charge in [0.15, 0.2) is 6.04 Å². The number of benzene rings is 2. The third-order valence-corrected chi connectivity index (χ3v) is 2.80. The van der Waals surface area contributed by atoms with Crippen molar-refractivity contribution in [1.29, 1.82) is 0 Å². The number of hydrogen-bond donors (Lipinski definition) is 2. The van der Waals surface area contributed by atoms with E-state index in [0.29, 0.717) is 11.3 Å². The van der Waals surface area contributed by atoms with E-state index in [-0.39, 0.29) is 5.75 Å². The molecule has 5 heteroatoms. The first-order valence-corrected chi connectivity index (χ1v) is 5.99. The molecule has 0 heterocycles. The van der Waals surface area contributed by atoms with Crippen LogP contribution in [0.15, 0.2) is 48.5 Å². The molecule has 0 saturated carbocycles. The molecule has 20 heavy (non-hydrogen) atoms. The van der Waals surface area contributed by atoms with Crippen molar-refractivity contribution >= 4 is 11.7 Å². The van der Waals surface area contributed by atoms with E-state index in [4.69, 9.17) is 4.74 Å². The normalized spacial score (nSPS) is 11.7. The Balaban J connectivity index is 2.28. The van der Waals surface area contributed by atoms with Gasteiger partial charge in [0.05, 0.1) is 7.11 Å². The Morgan fingerprint density at radius 2 is 1.95 bits per heavy atom. The molecule has 2 rings (SSSR count). The molecule has 1 atom stereocenters. The van der Waals surface area contributed by atoms with Crippen molar-refractivity contribution in [2.75, 3.05) is 12.4 Å². The van der Waals surface area contributed by atoms with Crippen molar-refractivity contribution in [2.45, 2.75) is 6.04 Å². The quantitative estimate of drug-likeness (QED) is 0.842. The monoisotopic (exact) mass is 275 g/mol. The number of nitrogens with one attached hydrogen (secondary N) is 1. The highest BCUT2D eigenvalue weighted by atomic mass is 19.1. The van der Waals surface area contributed by atoms with E-state index in [0.717, 1.165) is 0 Å². The Morgan fingerprint density at radius 3 is 2.55 bits per heavy atom. The van der Waals surface area contributed by atoms with Crippen LogP contribution >= 0.6 is 0 Å². The fraction of sp³-hybridized carbons (Fsp3) is 0.133. The van der Waals surface area contributed by atoms with E-state index in [2.05, 4.69) is 5.32 Å². The number of hydrogen-bond acceptors (Lipinski definition) is 4. The van der Waals surface area contributed by atoms with Crippen LogP contribution in [0.2, 0.25) is 0 Å². The van der Waals surface area contributed by atoms with Crippen molar-refractivity contribution < 1.29 is 19.0 Å². The Kier molecular flexibility index (Phi) is 4.20. The number of aromatic hydroxyl groups is 1.